The Balaban J connectivity index is 1.63. The van der Waals surface area contributed by atoms with Crippen LogP contribution >= 0.6 is 0 Å². The third-order valence-electron chi connectivity index (χ3n) is 6.53. The topological polar surface area (TPSA) is 185 Å². The lowest BCUT2D eigenvalue weighted by Gasteiger charge is -2.39. The number of anilines is 4. The molecule has 0 amide bonds. The molecular weight excluding hydrogens is 570 g/mol. The number of pyridine rings is 2. The molecule has 3 heterocycles. The first-order chi connectivity index (χ1) is 21.1. The van der Waals surface area contributed by atoms with Crippen LogP contribution in [0.5, 0.6) is 0 Å². The van der Waals surface area contributed by atoms with E-state index >= 15 is 0 Å². The Kier molecular flexibility index (Phi) is 8.02. The number of aromatic nitrogens is 2. The molecule has 5 rings (SSSR count). The monoisotopic (exact) mass is 593 g/mol. The first kappa shape index (κ1) is 29.0. The van der Waals surface area contributed by atoms with E-state index in [4.69, 9.17) is 0 Å². The molecule has 0 atom stereocenters. The van der Waals surface area contributed by atoms with Crippen molar-refractivity contribution in [1.82, 2.24) is 15.0 Å². The van der Waals surface area contributed by atoms with E-state index in [1.54, 1.807) is 52.5 Å². The van der Waals surface area contributed by atoms with Gasteiger partial charge in [-0.15, -0.1) is 0 Å². The molecule has 0 bridgehead atoms. The van der Waals surface area contributed by atoms with E-state index in [9.17, 15) is 39.6 Å². The fourth-order valence-corrected chi connectivity index (χ4v) is 4.55. The van der Waals surface area contributed by atoms with Gasteiger partial charge in [-0.05, 0) is 72.8 Å². The predicted octanol–water partition coefficient (Wildman–Crippen LogP) is 4.87. The van der Waals surface area contributed by atoms with Gasteiger partial charge in [0.2, 0.25) is 0 Å². The molecule has 0 radical (unpaired) electrons. The van der Waals surface area contributed by atoms with Crippen LogP contribution in [0, 0.1) is 0 Å². The number of benzene rings is 2. The van der Waals surface area contributed by atoms with Crippen LogP contribution in [0.15, 0.2) is 109 Å². The van der Waals surface area contributed by atoms with Gasteiger partial charge in [-0.2, -0.15) is 0 Å². The number of nitrogens with zero attached hydrogens (tertiary/aromatic N) is 5. The third-order valence-corrected chi connectivity index (χ3v) is 6.53. The highest BCUT2D eigenvalue weighted by Crippen LogP contribution is 2.34. The highest BCUT2D eigenvalue weighted by Gasteiger charge is 2.26. The van der Waals surface area contributed by atoms with Crippen LogP contribution in [0.25, 0.3) is 0 Å². The number of hydrogen-bond donors (Lipinski definition) is 4. The Labute approximate surface area is 249 Å². The maximum atomic E-state index is 11.8. The normalized spacial score (nSPS) is 12.3. The summed E-state index contributed by atoms with van der Waals surface area (Å²) in [5.41, 5.74) is 1.14. The second-order valence-corrected chi connectivity index (χ2v) is 9.37. The van der Waals surface area contributed by atoms with Gasteiger partial charge in [0.15, 0.2) is 5.82 Å². The van der Waals surface area contributed by atoms with Gasteiger partial charge in [0.1, 0.15) is 5.82 Å². The van der Waals surface area contributed by atoms with Gasteiger partial charge in [0.05, 0.1) is 34.5 Å². The number of aromatic carboxylic acids is 4. The molecule has 13 nitrogen and oxygen atoms in total. The fourth-order valence-electron chi connectivity index (χ4n) is 4.55. The average Bonchev–Trinajstić information content (AvgIpc) is 3.02. The van der Waals surface area contributed by atoms with Crippen LogP contribution in [-0.2, 0) is 0 Å². The molecule has 1 aliphatic heterocycles. The zero-order chi connectivity index (χ0) is 31.4. The first-order valence-electron chi connectivity index (χ1n) is 12.9. The van der Waals surface area contributed by atoms with Gasteiger partial charge < -0.3 is 20.4 Å². The predicted molar refractivity (Wildman–Crippen MR) is 157 cm³/mol. The van der Waals surface area contributed by atoms with Gasteiger partial charge in [-0.1, -0.05) is 12.1 Å². The Bertz CT molecular complexity index is 1740. The highest BCUT2D eigenvalue weighted by molar-refractivity contribution is 5.92. The van der Waals surface area contributed by atoms with Gasteiger partial charge in [0, 0.05) is 30.0 Å². The SMILES string of the molecule is O=C(O)c1cccc(N(C2=CC=CN(N(c3cccc(C(=O)O)c3)c3cc(C(=O)O)ccn3)C2)c2cc(C(=O)O)ccn2)c1. The maximum Gasteiger partial charge on any atom is 0.335 e. The van der Waals surface area contributed by atoms with Crippen LogP contribution < -0.4 is 9.91 Å². The van der Waals surface area contributed by atoms with E-state index in [1.807, 2.05) is 0 Å². The summed E-state index contributed by atoms with van der Waals surface area (Å²) in [6, 6.07) is 17.4. The van der Waals surface area contributed by atoms with Crippen molar-refractivity contribution in [2.75, 3.05) is 16.5 Å². The number of carboxylic acid groups (broad SMARTS) is 4. The zero-order valence-electron chi connectivity index (χ0n) is 22.7. The molecule has 0 spiro atoms. The van der Waals surface area contributed by atoms with Crippen molar-refractivity contribution in [2.45, 2.75) is 0 Å². The van der Waals surface area contributed by atoms with Crippen molar-refractivity contribution in [3.05, 3.63) is 131 Å². The standard InChI is InChI=1S/C31H23N5O8/c37-28(38)19-4-1-6-23(14-19)35(26-16-21(30(41)42)9-11-32-26)25-8-3-13-34(18-25)36(24-7-2-5-20(15-24)29(39)40)27-17-22(31(43)44)10-12-33-27/h1-17H,18H2,(H,37,38)(H,39,40)(H,41,42)(H,43,44). The second kappa shape index (κ2) is 12.2. The summed E-state index contributed by atoms with van der Waals surface area (Å²) in [5.74, 6) is -4.32. The minimum absolute atomic E-state index is 0.00695. The quantitative estimate of drug-likeness (QED) is 0.195. The molecule has 0 fully saturated rings. The zero-order valence-corrected chi connectivity index (χ0v) is 22.7. The molecule has 0 aliphatic carbocycles. The van der Waals surface area contributed by atoms with Crippen LogP contribution in [0.3, 0.4) is 0 Å². The molecule has 13 heteroatoms. The number of carbonyl (C=O) groups is 4. The molecule has 2 aromatic carbocycles. The van der Waals surface area contributed by atoms with Gasteiger partial charge in [0.25, 0.3) is 0 Å². The van der Waals surface area contributed by atoms with Crippen LogP contribution in [0.4, 0.5) is 23.0 Å². The third kappa shape index (κ3) is 6.06. The van der Waals surface area contributed by atoms with E-state index in [2.05, 4.69) is 9.97 Å². The molecule has 0 saturated carbocycles. The molecule has 1 aliphatic rings. The van der Waals surface area contributed by atoms with Gasteiger partial charge in [-0.3, -0.25) is 9.91 Å². The molecule has 44 heavy (non-hydrogen) atoms. The lowest BCUT2D eigenvalue weighted by molar-refractivity contribution is 0.0686. The average molecular weight is 594 g/mol. The second-order valence-electron chi connectivity index (χ2n) is 9.37. The van der Waals surface area contributed by atoms with Crippen molar-refractivity contribution in [2.24, 2.45) is 0 Å². The molecule has 220 valence electrons. The minimum atomic E-state index is -1.18. The van der Waals surface area contributed by atoms with E-state index in [0.29, 0.717) is 17.1 Å². The molecular formula is C31H23N5O8. The van der Waals surface area contributed by atoms with Crippen molar-refractivity contribution < 1.29 is 39.6 Å². The molecule has 4 N–H and O–H groups in total. The molecule has 0 saturated heterocycles. The van der Waals surface area contributed by atoms with Crippen LogP contribution in [0.1, 0.15) is 41.4 Å². The number of rotatable bonds is 10. The van der Waals surface area contributed by atoms with Crippen molar-refractivity contribution >= 4 is 46.9 Å². The van der Waals surface area contributed by atoms with Crippen molar-refractivity contribution in [1.29, 1.82) is 0 Å². The van der Waals surface area contributed by atoms with E-state index in [-0.39, 0.29) is 40.4 Å². The fraction of sp³-hybridized carbons (Fsp3) is 0.0323. The Morgan fingerprint density at radius 2 is 1.14 bits per heavy atom. The Morgan fingerprint density at radius 3 is 1.73 bits per heavy atom. The minimum Gasteiger partial charge on any atom is -0.478 e. The van der Waals surface area contributed by atoms with Crippen molar-refractivity contribution in [3.8, 4) is 0 Å². The lowest BCUT2D eigenvalue weighted by Crippen LogP contribution is -2.41. The number of hydrazine groups is 1. The Morgan fingerprint density at radius 1 is 0.636 bits per heavy atom. The summed E-state index contributed by atoms with van der Waals surface area (Å²) in [7, 11) is 0. The molecule has 0 unspecified atom stereocenters. The Hall–Kier alpha value is -6.50. The smallest absolute Gasteiger partial charge is 0.335 e. The summed E-state index contributed by atoms with van der Waals surface area (Å²) < 4.78 is 0. The number of hydrogen-bond acceptors (Lipinski definition) is 9. The largest absolute Gasteiger partial charge is 0.478 e. The summed E-state index contributed by atoms with van der Waals surface area (Å²) in [6.45, 7) is 0.0447. The van der Waals surface area contributed by atoms with Crippen LogP contribution in [0.2, 0.25) is 0 Å². The van der Waals surface area contributed by atoms with E-state index in [1.165, 1.54) is 65.9 Å². The van der Waals surface area contributed by atoms with Crippen molar-refractivity contribution in [3.63, 3.8) is 0 Å². The summed E-state index contributed by atoms with van der Waals surface area (Å²) in [6.07, 6.45) is 7.71. The van der Waals surface area contributed by atoms with E-state index in [0.717, 1.165) is 0 Å². The van der Waals surface area contributed by atoms with E-state index < -0.39 is 23.9 Å². The lowest BCUT2D eigenvalue weighted by atomic mass is 10.1. The maximum absolute atomic E-state index is 11.8. The summed E-state index contributed by atoms with van der Waals surface area (Å²) in [4.78, 5) is 57.5. The summed E-state index contributed by atoms with van der Waals surface area (Å²) >= 11 is 0. The van der Waals surface area contributed by atoms with Crippen LogP contribution in [-0.4, -0.2) is 65.8 Å². The highest BCUT2D eigenvalue weighted by atomic mass is 16.4. The number of carboxylic acids is 4. The van der Waals surface area contributed by atoms with Gasteiger partial charge >= 0.3 is 23.9 Å². The number of allylic oxidation sites excluding steroid dienone is 2. The molecule has 2 aromatic heterocycles. The first-order valence-corrected chi connectivity index (χ1v) is 12.9. The molecule has 4 aromatic rings. The summed E-state index contributed by atoms with van der Waals surface area (Å²) in [5, 5.41) is 41.7. The van der Waals surface area contributed by atoms with Gasteiger partial charge in [-0.25, -0.2) is 34.2 Å².